The number of aliphatic hydroxyl groups is 1. The van der Waals surface area contributed by atoms with Crippen molar-refractivity contribution in [3.8, 4) is 11.1 Å². The molecule has 1 aliphatic carbocycles. The molecule has 1 fully saturated rings. The van der Waals surface area contributed by atoms with Gasteiger partial charge in [-0.15, -0.1) is 0 Å². The lowest BCUT2D eigenvalue weighted by Crippen LogP contribution is -2.47. The van der Waals surface area contributed by atoms with Gasteiger partial charge in [0.1, 0.15) is 0 Å². The molecule has 6 heteroatoms. The first-order valence-corrected chi connectivity index (χ1v) is 8.86. The van der Waals surface area contributed by atoms with Crippen molar-refractivity contribution >= 4 is 6.03 Å². The van der Waals surface area contributed by atoms with Gasteiger partial charge in [0, 0.05) is 31.9 Å². The quantitative estimate of drug-likeness (QED) is 0.781. The van der Waals surface area contributed by atoms with Gasteiger partial charge in [-0.2, -0.15) is 5.10 Å². The molecule has 1 aromatic carbocycles. The lowest BCUT2D eigenvalue weighted by molar-refractivity contribution is 0.00719. The second kappa shape index (κ2) is 7.70. The molecule has 2 amide bonds. The fourth-order valence-corrected chi connectivity index (χ4v) is 3.31. The Balaban J connectivity index is 1.50. The molecule has 3 rings (SSSR count). The van der Waals surface area contributed by atoms with E-state index in [1.807, 2.05) is 43.7 Å². The fraction of sp³-hybridized carbons (Fsp3) is 0.474. The largest absolute Gasteiger partial charge is 0.388 e. The average Bonchev–Trinajstić information content (AvgIpc) is 3.06. The van der Waals surface area contributed by atoms with E-state index < -0.39 is 5.60 Å². The van der Waals surface area contributed by atoms with Crippen LogP contribution in [-0.2, 0) is 13.6 Å². The van der Waals surface area contributed by atoms with Gasteiger partial charge in [0.25, 0.3) is 0 Å². The molecule has 1 heterocycles. The molecule has 1 aromatic heterocycles. The number of aromatic nitrogens is 2. The third kappa shape index (κ3) is 4.82. The summed E-state index contributed by atoms with van der Waals surface area (Å²) < 4.78 is 1.77. The Morgan fingerprint density at radius 1 is 1.24 bits per heavy atom. The van der Waals surface area contributed by atoms with Crippen LogP contribution in [0.3, 0.4) is 0 Å². The number of hydrogen-bond donors (Lipinski definition) is 3. The number of rotatable bonds is 5. The van der Waals surface area contributed by atoms with Crippen molar-refractivity contribution in [3.63, 3.8) is 0 Å². The standard InChI is InChI=1S/C19H26N4O2/c1-23-13-17(12-22-23)16-7-5-6-15(10-16)11-20-18(24)21-14-19(25)8-3-2-4-9-19/h5-7,10,12-13,25H,2-4,8-9,11,14H2,1H3,(H2,20,21,24). The summed E-state index contributed by atoms with van der Waals surface area (Å²) in [6.07, 6.45) is 8.54. The number of carbonyl (C=O) groups excluding carboxylic acids is 1. The van der Waals surface area contributed by atoms with E-state index in [2.05, 4.69) is 15.7 Å². The van der Waals surface area contributed by atoms with Crippen LogP contribution in [0, 0.1) is 0 Å². The minimum atomic E-state index is -0.740. The number of carbonyl (C=O) groups is 1. The van der Waals surface area contributed by atoms with E-state index in [1.54, 1.807) is 4.68 Å². The van der Waals surface area contributed by atoms with E-state index in [0.717, 1.165) is 42.4 Å². The van der Waals surface area contributed by atoms with Gasteiger partial charge in [0.05, 0.1) is 11.8 Å². The van der Waals surface area contributed by atoms with Gasteiger partial charge in [0.2, 0.25) is 0 Å². The lowest BCUT2D eigenvalue weighted by atomic mass is 9.85. The average molecular weight is 342 g/mol. The smallest absolute Gasteiger partial charge is 0.315 e. The highest BCUT2D eigenvalue weighted by Gasteiger charge is 2.29. The number of benzene rings is 1. The number of nitrogens with one attached hydrogen (secondary N) is 2. The van der Waals surface area contributed by atoms with Gasteiger partial charge in [-0.25, -0.2) is 4.79 Å². The Morgan fingerprint density at radius 3 is 2.76 bits per heavy atom. The van der Waals surface area contributed by atoms with Gasteiger partial charge >= 0.3 is 6.03 Å². The predicted octanol–water partition coefficient (Wildman–Crippen LogP) is 2.58. The zero-order valence-electron chi connectivity index (χ0n) is 14.7. The van der Waals surface area contributed by atoms with Crippen molar-refractivity contribution in [3.05, 3.63) is 42.2 Å². The summed E-state index contributed by atoms with van der Waals surface area (Å²) in [4.78, 5) is 12.0. The van der Waals surface area contributed by atoms with Crippen LogP contribution in [0.15, 0.2) is 36.7 Å². The Bertz CT molecular complexity index is 720. The molecule has 6 nitrogen and oxygen atoms in total. The number of nitrogens with zero attached hydrogens (tertiary/aromatic N) is 2. The Hall–Kier alpha value is -2.34. The molecule has 2 aromatic rings. The normalized spacial score (nSPS) is 16.4. The van der Waals surface area contributed by atoms with Crippen LogP contribution in [0.2, 0.25) is 0 Å². The number of hydrogen-bond acceptors (Lipinski definition) is 3. The maximum atomic E-state index is 12.0. The molecule has 1 saturated carbocycles. The molecule has 0 spiro atoms. The van der Waals surface area contributed by atoms with Crippen molar-refractivity contribution in [2.45, 2.75) is 44.2 Å². The summed E-state index contributed by atoms with van der Waals surface area (Å²) in [7, 11) is 1.89. The monoisotopic (exact) mass is 342 g/mol. The summed E-state index contributed by atoms with van der Waals surface area (Å²) in [6.45, 7) is 0.757. The van der Waals surface area contributed by atoms with E-state index in [-0.39, 0.29) is 6.03 Å². The highest BCUT2D eigenvalue weighted by molar-refractivity contribution is 5.74. The molecule has 0 atom stereocenters. The zero-order valence-corrected chi connectivity index (χ0v) is 14.7. The first kappa shape index (κ1) is 17.5. The first-order chi connectivity index (χ1) is 12.0. The minimum absolute atomic E-state index is 0.245. The first-order valence-electron chi connectivity index (χ1n) is 8.86. The molecule has 134 valence electrons. The van der Waals surface area contributed by atoms with E-state index in [1.165, 1.54) is 6.42 Å². The minimum Gasteiger partial charge on any atom is -0.388 e. The maximum absolute atomic E-state index is 12.0. The summed E-state index contributed by atoms with van der Waals surface area (Å²) in [6, 6.07) is 7.79. The fourth-order valence-electron chi connectivity index (χ4n) is 3.31. The molecular weight excluding hydrogens is 316 g/mol. The van der Waals surface area contributed by atoms with E-state index >= 15 is 0 Å². The van der Waals surface area contributed by atoms with Gasteiger partial charge in [-0.1, -0.05) is 37.5 Å². The lowest BCUT2D eigenvalue weighted by Gasteiger charge is -2.32. The highest BCUT2D eigenvalue weighted by atomic mass is 16.3. The maximum Gasteiger partial charge on any atom is 0.315 e. The van der Waals surface area contributed by atoms with Crippen molar-refractivity contribution in [1.82, 2.24) is 20.4 Å². The third-order valence-corrected chi connectivity index (χ3v) is 4.78. The SMILES string of the molecule is Cn1cc(-c2cccc(CNC(=O)NCC3(O)CCCCC3)c2)cn1. The van der Waals surface area contributed by atoms with Crippen molar-refractivity contribution < 1.29 is 9.90 Å². The summed E-state index contributed by atoms with van der Waals surface area (Å²) in [5, 5.41) is 20.3. The van der Waals surface area contributed by atoms with Crippen molar-refractivity contribution in [2.75, 3.05) is 6.54 Å². The van der Waals surface area contributed by atoms with Gasteiger partial charge in [-0.05, 0) is 30.0 Å². The third-order valence-electron chi connectivity index (χ3n) is 4.78. The molecular formula is C19H26N4O2. The Labute approximate surface area is 148 Å². The molecule has 0 radical (unpaired) electrons. The van der Waals surface area contributed by atoms with E-state index in [4.69, 9.17) is 0 Å². The second-order valence-electron chi connectivity index (χ2n) is 6.92. The molecule has 3 N–H and O–H groups in total. The molecule has 0 saturated heterocycles. The van der Waals surface area contributed by atoms with Crippen LogP contribution in [0.4, 0.5) is 4.79 Å². The van der Waals surface area contributed by atoms with Crippen LogP contribution >= 0.6 is 0 Å². The Kier molecular flexibility index (Phi) is 5.38. The van der Waals surface area contributed by atoms with Gasteiger partial charge < -0.3 is 15.7 Å². The number of aryl methyl sites for hydroxylation is 1. The Morgan fingerprint density at radius 2 is 2.04 bits per heavy atom. The van der Waals surface area contributed by atoms with Crippen molar-refractivity contribution in [1.29, 1.82) is 0 Å². The summed E-state index contributed by atoms with van der Waals surface area (Å²) in [5.41, 5.74) is 2.40. The number of urea groups is 1. The summed E-state index contributed by atoms with van der Waals surface area (Å²) in [5.74, 6) is 0. The topological polar surface area (TPSA) is 79.2 Å². The van der Waals surface area contributed by atoms with E-state index in [0.29, 0.717) is 13.1 Å². The van der Waals surface area contributed by atoms with Crippen LogP contribution in [-0.4, -0.2) is 33.1 Å². The molecule has 0 unspecified atom stereocenters. The molecule has 0 bridgehead atoms. The molecule has 1 aliphatic rings. The second-order valence-corrected chi connectivity index (χ2v) is 6.92. The summed E-state index contributed by atoms with van der Waals surface area (Å²) >= 11 is 0. The van der Waals surface area contributed by atoms with Gasteiger partial charge in [-0.3, -0.25) is 4.68 Å². The van der Waals surface area contributed by atoms with Crippen molar-refractivity contribution in [2.24, 2.45) is 7.05 Å². The van der Waals surface area contributed by atoms with Crippen LogP contribution in [0.25, 0.3) is 11.1 Å². The molecule has 0 aliphatic heterocycles. The van der Waals surface area contributed by atoms with Crippen LogP contribution < -0.4 is 10.6 Å². The highest BCUT2D eigenvalue weighted by Crippen LogP contribution is 2.27. The zero-order chi connectivity index (χ0) is 17.7. The molecule has 25 heavy (non-hydrogen) atoms. The predicted molar refractivity (Wildman–Crippen MR) is 96.9 cm³/mol. The van der Waals surface area contributed by atoms with E-state index in [9.17, 15) is 9.90 Å². The van der Waals surface area contributed by atoms with Crippen LogP contribution in [0.5, 0.6) is 0 Å². The van der Waals surface area contributed by atoms with Gasteiger partial charge in [0.15, 0.2) is 0 Å². The van der Waals surface area contributed by atoms with Crippen LogP contribution in [0.1, 0.15) is 37.7 Å². The number of amides is 2.